The van der Waals surface area contributed by atoms with Gasteiger partial charge in [0.2, 0.25) is 0 Å². The van der Waals surface area contributed by atoms with Crippen LogP contribution in [0.5, 0.6) is 0 Å². The summed E-state index contributed by atoms with van der Waals surface area (Å²) in [6, 6.07) is 5.94. The summed E-state index contributed by atoms with van der Waals surface area (Å²) >= 11 is 0. The van der Waals surface area contributed by atoms with Crippen molar-refractivity contribution in [2.24, 2.45) is 0 Å². The molecule has 0 saturated carbocycles. The van der Waals surface area contributed by atoms with Crippen LogP contribution in [-0.2, 0) is 34.9 Å². The van der Waals surface area contributed by atoms with Crippen LogP contribution < -0.4 is 0 Å². The minimum Gasteiger partial charge on any atom is -0.478 e. The van der Waals surface area contributed by atoms with E-state index in [1.807, 2.05) is 6.07 Å². The molecule has 0 fully saturated rings. The van der Waals surface area contributed by atoms with Gasteiger partial charge in [-0.1, -0.05) is 19.1 Å². The molecule has 194 valence electrons. The third kappa shape index (κ3) is 6.19. The van der Waals surface area contributed by atoms with Crippen molar-refractivity contribution >= 4 is 18.1 Å². The van der Waals surface area contributed by atoms with E-state index in [4.69, 9.17) is 4.74 Å². The second kappa shape index (κ2) is 10.2. The number of carboxylic acids is 1. The van der Waals surface area contributed by atoms with E-state index in [0.717, 1.165) is 11.1 Å². The Labute approximate surface area is 203 Å². The molecule has 0 radical (unpaired) electrons. The zero-order valence-corrected chi connectivity index (χ0v) is 19.3. The number of benzene rings is 2. The highest BCUT2D eigenvalue weighted by Gasteiger charge is 2.37. The van der Waals surface area contributed by atoms with Gasteiger partial charge in [-0.05, 0) is 71.9 Å². The number of halogens is 6. The Morgan fingerprint density at radius 1 is 1.06 bits per heavy atom. The second-order valence-corrected chi connectivity index (χ2v) is 8.42. The van der Waals surface area contributed by atoms with Gasteiger partial charge in [-0.3, -0.25) is 0 Å². The summed E-state index contributed by atoms with van der Waals surface area (Å²) in [7, 11) is 1.42. The molecule has 0 spiro atoms. The number of carbonyl (C=O) groups is 2. The number of hydrogen-bond donors (Lipinski definition) is 1. The van der Waals surface area contributed by atoms with Gasteiger partial charge in [-0.25, -0.2) is 9.59 Å². The fourth-order valence-corrected chi connectivity index (χ4v) is 4.08. The first-order valence-electron chi connectivity index (χ1n) is 10.9. The fourth-order valence-electron chi connectivity index (χ4n) is 4.08. The topological polar surface area (TPSA) is 66.8 Å². The molecule has 1 amide bonds. The molecule has 0 saturated heterocycles. The van der Waals surface area contributed by atoms with Crippen LogP contribution in [-0.4, -0.2) is 29.1 Å². The number of fused-ring (bicyclic) bond motifs is 1. The number of aryl methyl sites for hydroxylation is 1. The quantitative estimate of drug-likeness (QED) is 0.337. The van der Waals surface area contributed by atoms with Crippen molar-refractivity contribution in [3.8, 4) is 0 Å². The van der Waals surface area contributed by atoms with Crippen LogP contribution in [0.2, 0.25) is 0 Å². The summed E-state index contributed by atoms with van der Waals surface area (Å²) < 4.78 is 83.5. The van der Waals surface area contributed by atoms with Crippen LogP contribution in [0, 0.1) is 0 Å². The number of carboxylic acid groups (broad SMARTS) is 1. The first-order valence-corrected chi connectivity index (χ1v) is 10.9. The molecule has 1 aliphatic carbocycles. The van der Waals surface area contributed by atoms with E-state index >= 15 is 0 Å². The number of alkyl halides is 6. The lowest BCUT2D eigenvalue weighted by Crippen LogP contribution is -2.30. The summed E-state index contributed by atoms with van der Waals surface area (Å²) in [5, 5.41) is 9.25. The van der Waals surface area contributed by atoms with E-state index in [2.05, 4.69) is 0 Å². The lowest BCUT2D eigenvalue weighted by atomic mass is 10.0. The number of amides is 1. The Balaban J connectivity index is 1.78. The number of hydrogen-bond acceptors (Lipinski definition) is 3. The van der Waals surface area contributed by atoms with Gasteiger partial charge in [0.05, 0.1) is 17.2 Å². The van der Waals surface area contributed by atoms with Crippen molar-refractivity contribution in [3.63, 3.8) is 0 Å². The van der Waals surface area contributed by atoms with Gasteiger partial charge in [0.1, 0.15) is 6.61 Å². The number of nitrogens with zero attached hydrogens (tertiary/aromatic N) is 1. The minimum absolute atomic E-state index is 0.00719. The van der Waals surface area contributed by atoms with Gasteiger partial charge in [0.15, 0.2) is 0 Å². The lowest BCUT2D eigenvalue weighted by molar-refractivity contribution is -0.143. The number of rotatable bonds is 6. The molecule has 36 heavy (non-hydrogen) atoms. The average molecular weight is 515 g/mol. The predicted molar refractivity (Wildman–Crippen MR) is 118 cm³/mol. The molecule has 1 aliphatic rings. The smallest absolute Gasteiger partial charge is 0.416 e. The molecule has 1 unspecified atom stereocenters. The molecule has 1 N–H and O–H groups in total. The maximum absolute atomic E-state index is 13.1. The number of aliphatic carboxylic acids is 1. The maximum Gasteiger partial charge on any atom is 0.416 e. The zero-order valence-electron chi connectivity index (χ0n) is 19.3. The van der Waals surface area contributed by atoms with E-state index in [1.54, 1.807) is 19.1 Å². The minimum atomic E-state index is -5.01. The molecule has 1 atom stereocenters. The molecular formula is C25H23F6NO4. The normalized spacial score (nSPS) is 16.0. The van der Waals surface area contributed by atoms with Crippen LogP contribution in [0.1, 0.15) is 59.2 Å². The molecule has 5 nitrogen and oxygen atoms in total. The Morgan fingerprint density at radius 2 is 1.67 bits per heavy atom. The van der Waals surface area contributed by atoms with Crippen LogP contribution >= 0.6 is 0 Å². The molecular weight excluding hydrogens is 492 g/mol. The maximum atomic E-state index is 13.1. The van der Waals surface area contributed by atoms with Crippen molar-refractivity contribution in [2.75, 3.05) is 7.05 Å². The highest BCUT2D eigenvalue weighted by molar-refractivity contribution is 5.92. The van der Waals surface area contributed by atoms with E-state index in [-0.39, 0.29) is 11.6 Å². The second-order valence-electron chi connectivity index (χ2n) is 8.42. The molecule has 0 heterocycles. The summed E-state index contributed by atoms with van der Waals surface area (Å²) in [5.41, 5.74) is -0.883. The Kier molecular flexibility index (Phi) is 7.70. The third-order valence-electron chi connectivity index (χ3n) is 5.98. The largest absolute Gasteiger partial charge is 0.478 e. The Morgan fingerprint density at radius 3 is 2.19 bits per heavy atom. The number of ether oxygens (including phenoxy) is 1. The van der Waals surface area contributed by atoms with Crippen LogP contribution in [0.4, 0.5) is 31.1 Å². The SMILES string of the molecule is CC/C(=C\c1ccc2c(c1)C(N(C)C(=O)OCc1cc(C(F)(F)F)cc(C(F)(F)F)c1)CC2)C(=O)O. The first-order chi connectivity index (χ1) is 16.7. The van der Waals surface area contributed by atoms with Crippen LogP contribution in [0.3, 0.4) is 0 Å². The van der Waals surface area contributed by atoms with Crippen molar-refractivity contribution in [2.45, 2.75) is 51.2 Å². The molecule has 3 rings (SSSR count). The molecule has 2 aromatic rings. The molecule has 11 heteroatoms. The van der Waals surface area contributed by atoms with E-state index in [1.165, 1.54) is 18.0 Å². The fraction of sp³-hybridized carbons (Fsp3) is 0.360. The van der Waals surface area contributed by atoms with Crippen molar-refractivity contribution < 1.29 is 45.8 Å². The lowest BCUT2D eigenvalue weighted by Gasteiger charge is -2.25. The average Bonchev–Trinajstić information content (AvgIpc) is 3.22. The van der Waals surface area contributed by atoms with Gasteiger partial charge in [0, 0.05) is 12.6 Å². The van der Waals surface area contributed by atoms with E-state index < -0.39 is 53.8 Å². The Hall–Kier alpha value is -3.50. The van der Waals surface area contributed by atoms with Gasteiger partial charge in [-0.2, -0.15) is 26.3 Å². The van der Waals surface area contributed by atoms with E-state index in [9.17, 15) is 41.0 Å². The molecule has 0 aliphatic heterocycles. The Bertz CT molecular complexity index is 1150. The molecule has 0 aromatic heterocycles. The summed E-state index contributed by atoms with van der Waals surface area (Å²) in [5.74, 6) is -1.04. The predicted octanol–water partition coefficient (Wildman–Crippen LogP) is 6.86. The van der Waals surface area contributed by atoms with E-state index in [0.29, 0.717) is 37.0 Å². The van der Waals surface area contributed by atoms with Crippen molar-refractivity contribution in [1.29, 1.82) is 0 Å². The van der Waals surface area contributed by atoms with Gasteiger partial charge in [0.25, 0.3) is 0 Å². The monoisotopic (exact) mass is 515 g/mol. The summed E-state index contributed by atoms with van der Waals surface area (Å²) in [6.45, 7) is 0.930. The molecule has 0 bridgehead atoms. The van der Waals surface area contributed by atoms with Crippen molar-refractivity contribution in [3.05, 3.63) is 75.4 Å². The highest BCUT2D eigenvalue weighted by atomic mass is 19.4. The highest BCUT2D eigenvalue weighted by Crippen LogP contribution is 2.38. The number of carbonyl (C=O) groups excluding carboxylic acids is 1. The first kappa shape index (κ1) is 27.1. The summed E-state index contributed by atoms with van der Waals surface area (Å²) in [6.07, 6.45) is -7.93. The van der Waals surface area contributed by atoms with Gasteiger partial charge < -0.3 is 14.7 Å². The van der Waals surface area contributed by atoms with Crippen molar-refractivity contribution in [1.82, 2.24) is 4.90 Å². The standard InChI is InChI=1S/C25H23F6NO4/c1-3-16(22(33)34)8-14-4-5-17-6-7-21(20(17)11-14)32(2)23(35)36-13-15-9-18(24(26,27)28)12-19(10-15)25(29,30)31/h4-5,8-12,21H,3,6-7,13H2,1-2H3,(H,33,34)/b16-8+. The van der Waals surface area contributed by atoms with Crippen LogP contribution in [0.15, 0.2) is 42.0 Å². The third-order valence-corrected chi connectivity index (χ3v) is 5.98. The van der Waals surface area contributed by atoms with Crippen LogP contribution in [0.25, 0.3) is 6.08 Å². The van der Waals surface area contributed by atoms with Gasteiger partial charge >= 0.3 is 24.4 Å². The molecule has 2 aromatic carbocycles. The van der Waals surface area contributed by atoms with Gasteiger partial charge in [-0.15, -0.1) is 0 Å². The summed E-state index contributed by atoms with van der Waals surface area (Å²) in [4.78, 5) is 25.2. The zero-order chi connectivity index (χ0) is 26.8.